The lowest BCUT2D eigenvalue weighted by Gasteiger charge is -2.15. The molecule has 0 unspecified atom stereocenters. The van der Waals surface area contributed by atoms with E-state index in [4.69, 9.17) is 14.5 Å². The van der Waals surface area contributed by atoms with Crippen molar-refractivity contribution in [3.8, 4) is 5.75 Å². The maximum atomic E-state index is 13.9. The molecular formula is C13H11BrF5O3PS. The van der Waals surface area contributed by atoms with Crippen LogP contribution in [0.2, 0.25) is 0 Å². The zero-order chi connectivity index (χ0) is 18.1. The van der Waals surface area contributed by atoms with Crippen LogP contribution in [0.3, 0.4) is 0 Å². The van der Waals surface area contributed by atoms with Crippen LogP contribution in [0, 0.1) is 0 Å². The molecule has 0 aliphatic carbocycles. The van der Waals surface area contributed by atoms with Gasteiger partial charge in [0.25, 0.3) is 0 Å². The molecule has 2 rings (SSSR count). The lowest BCUT2D eigenvalue weighted by molar-refractivity contribution is -0.136. The smallest absolute Gasteiger partial charge is 0.389 e. The molecule has 3 nitrogen and oxygen atoms in total. The third kappa shape index (κ3) is 4.35. The Kier molecular flexibility index (Phi) is 6.08. The summed E-state index contributed by atoms with van der Waals surface area (Å²) in [5.41, 5.74) is -3.83. The maximum Gasteiger partial charge on any atom is 0.389 e. The van der Waals surface area contributed by atoms with E-state index in [1.165, 1.54) is 18.2 Å². The second-order valence-electron chi connectivity index (χ2n) is 4.78. The normalized spacial score (nSPS) is 13.0. The van der Waals surface area contributed by atoms with Crippen LogP contribution >= 0.6 is 35.6 Å². The first-order valence-electron chi connectivity index (χ1n) is 6.51. The van der Waals surface area contributed by atoms with Gasteiger partial charge in [-0.1, -0.05) is 12.1 Å². The summed E-state index contributed by atoms with van der Waals surface area (Å²) in [4.78, 5) is 17.3. The average molecular weight is 453 g/mol. The first kappa shape index (κ1) is 19.8. The van der Waals surface area contributed by atoms with Gasteiger partial charge in [-0.2, -0.15) is 22.0 Å². The quantitative estimate of drug-likeness (QED) is 0.334. The van der Waals surface area contributed by atoms with Gasteiger partial charge in [0.1, 0.15) is 5.75 Å². The summed E-state index contributed by atoms with van der Waals surface area (Å²) in [6.45, 7) is -0.216. The van der Waals surface area contributed by atoms with Crippen LogP contribution in [0.1, 0.15) is 17.7 Å². The summed E-state index contributed by atoms with van der Waals surface area (Å²) in [5.74, 6) is 0.169. The molecule has 0 aliphatic heterocycles. The molecule has 0 radical (unpaired) electrons. The van der Waals surface area contributed by atoms with E-state index in [9.17, 15) is 22.0 Å². The number of hydrogen-bond acceptors (Lipinski definition) is 4. The molecule has 2 aromatic rings. The van der Waals surface area contributed by atoms with Crippen molar-refractivity contribution in [1.82, 2.24) is 0 Å². The van der Waals surface area contributed by atoms with Crippen molar-refractivity contribution in [2.24, 2.45) is 0 Å². The standard InChI is InChI=1S/C13H11BrF5O3PS/c14-9-7-3-1-4-8(22-6-2-5-12(15,16)17)10(7)24-11(9)13(18,19)23(20)21/h1,3-4,20-21H,2,5-6H2. The Balaban J connectivity index is 2.27. The molecule has 1 heterocycles. The van der Waals surface area contributed by atoms with Crippen molar-refractivity contribution in [2.75, 3.05) is 6.61 Å². The zero-order valence-electron chi connectivity index (χ0n) is 11.8. The van der Waals surface area contributed by atoms with E-state index in [1.54, 1.807) is 0 Å². The highest BCUT2D eigenvalue weighted by Gasteiger charge is 2.44. The number of halogens is 6. The lowest BCUT2D eigenvalue weighted by atomic mass is 10.2. The second-order valence-corrected chi connectivity index (χ2v) is 7.73. The molecule has 1 aromatic heterocycles. The predicted molar refractivity (Wildman–Crippen MR) is 85.6 cm³/mol. The number of benzene rings is 1. The largest absolute Gasteiger partial charge is 0.492 e. The Hall–Kier alpha value is -0.540. The summed E-state index contributed by atoms with van der Waals surface area (Å²) >= 11 is 3.61. The van der Waals surface area contributed by atoms with Crippen molar-refractivity contribution in [2.45, 2.75) is 24.7 Å². The molecule has 1 aromatic carbocycles. The van der Waals surface area contributed by atoms with Gasteiger partial charge in [-0.05, 0) is 28.4 Å². The first-order valence-corrected chi connectivity index (χ1v) is 9.36. The van der Waals surface area contributed by atoms with Gasteiger partial charge in [0.05, 0.1) is 16.2 Å². The van der Waals surface area contributed by atoms with Crippen LogP contribution in [-0.2, 0) is 5.66 Å². The minimum absolute atomic E-state index is 0.00356. The fourth-order valence-corrected chi connectivity index (χ4v) is 4.73. The molecule has 0 saturated carbocycles. The molecular weight excluding hydrogens is 442 g/mol. The molecule has 0 fully saturated rings. The SMILES string of the molecule is OP(O)C(F)(F)c1sc2c(OCCCC(F)(F)F)cccc2c1Br. The van der Waals surface area contributed by atoms with Crippen molar-refractivity contribution in [1.29, 1.82) is 0 Å². The highest BCUT2D eigenvalue weighted by molar-refractivity contribution is 9.10. The van der Waals surface area contributed by atoms with Crippen molar-refractivity contribution in [3.63, 3.8) is 0 Å². The van der Waals surface area contributed by atoms with Crippen LogP contribution in [0.25, 0.3) is 10.1 Å². The number of alkyl halides is 5. The number of thiophene rings is 1. The number of hydrogen-bond donors (Lipinski definition) is 2. The summed E-state index contributed by atoms with van der Waals surface area (Å²) in [7, 11) is -3.53. The Morgan fingerprint density at radius 3 is 2.42 bits per heavy atom. The zero-order valence-corrected chi connectivity index (χ0v) is 15.1. The van der Waals surface area contributed by atoms with E-state index in [2.05, 4.69) is 15.9 Å². The molecule has 24 heavy (non-hydrogen) atoms. The molecule has 0 spiro atoms. The topological polar surface area (TPSA) is 49.7 Å². The molecule has 2 N–H and O–H groups in total. The monoisotopic (exact) mass is 452 g/mol. The van der Waals surface area contributed by atoms with Crippen LogP contribution in [0.5, 0.6) is 5.75 Å². The Morgan fingerprint density at radius 2 is 1.83 bits per heavy atom. The molecule has 0 atom stereocenters. The fraction of sp³-hybridized carbons (Fsp3) is 0.385. The van der Waals surface area contributed by atoms with E-state index in [0.717, 1.165) is 0 Å². The van der Waals surface area contributed by atoms with Crippen LogP contribution in [0.15, 0.2) is 22.7 Å². The van der Waals surface area contributed by atoms with Gasteiger partial charge in [0, 0.05) is 16.3 Å². The van der Waals surface area contributed by atoms with Gasteiger partial charge in [0.15, 0.2) is 0 Å². The third-order valence-corrected chi connectivity index (χ3v) is 6.26. The predicted octanol–water partition coefficient (Wildman–Crippen LogP) is 5.73. The van der Waals surface area contributed by atoms with Crippen molar-refractivity contribution in [3.05, 3.63) is 27.5 Å². The molecule has 0 aliphatic rings. The summed E-state index contributed by atoms with van der Waals surface area (Å²) in [6, 6.07) is 4.50. The van der Waals surface area contributed by atoms with E-state index in [0.29, 0.717) is 21.4 Å². The highest BCUT2D eigenvalue weighted by Crippen LogP contribution is 2.58. The Bertz CT molecular complexity index is 719. The molecule has 134 valence electrons. The molecule has 0 saturated heterocycles. The van der Waals surface area contributed by atoms with Gasteiger partial charge in [0.2, 0.25) is 8.38 Å². The highest BCUT2D eigenvalue weighted by atomic mass is 79.9. The molecule has 0 bridgehead atoms. The van der Waals surface area contributed by atoms with Gasteiger partial charge >= 0.3 is 11.8 Å². The van der Waals surface area contributed by atoms with E-state index in [1.807, 2.05) is 0 Å². The van der Waals surface area contributed by atoms with Gasteiger partial charge in [-0.3, -0.25) is 0 Å². The summed E-state index contributed by atoms with van der Waals surface area (Å²) in [5, 5.41) is 0.361. The minimum atomic E-state index is -4.28. The molecule has 0 amide bonds. The number of rotatable bonds is 6. The minimum Gasteiger partial charge on any atom is -0.492 e. The number of ether oxygens (including phenoxy) is 1. The van der Waals surface area contributed by atoms with Crippen molar-refractivity contribution < 1.29 is 36.5 Å². The summed E-state index contributed by atoms with van der Waals surface area (Å²) in [6.07, 6.45) is -5.54. The Labute approximate surface area is 147 Å². The molecule has 11 heteroatoms. The van der Waals surface area contributed by atoms with Crippen LogP contribution in [0.4, 0.5) is 22.0 Å². The van der Waals surface area contributed by atoms with Gasteiger partial charge in [-0.25, -0.2) is 0 Å². The fourth-order valence-electron chi connectivity index (χ4n) is 1.92. The van der Waals surface area contributed by atoms with E-state index >= 15 is 0 Å². The maximum absolute atomic E-state index is 13.9. The van der Waals surface area contributed by atoms with Gasteiger partial charge < -0.3 is 14.5 Å². The Morgan fingerprint density at radius 1 is 1.17 bits per heavy atom. The van der Waals surface area contributed by atoms with E-state index in [-0.39, 0.29) is 23.2 Å². The van der Waals surface area contributed by atoms with Crippen LogP contribution in [-0.4, -0.2) is 22.6 Å². The lowest BCUT2D eigenvalue weighted by Crippen LogP contribution is -2.09. The van der Waals surface area contributed by atoms with Crippen LogP contribution < -0.4 is 4.74 Å². The van der Waals surface area contributed by atoms with Gasteiger partial charge in [-0.15, -0.1) is 11.3 Å². The number of fused-ring (bicyclic) bond motifs is 1. The average Bonchev–Trinajstić information content (AvgIpc) is 2.81. The third-order valence-electron chi connectivity index (χ3n) is 3.01. The van der Waals surface area contributed by atoms with E-state index < -0.39 is 31.5 Å². The second kappa shape index (κ2) is 7.37. The summed E-state index contributed by atoms with van der Waals surface area (Å²) < 4.78 is 69.7. The first-order chi connectivity index (χ1) is 11.0. The van der Waals surface area contributed by atoms with Crippen molar-refractivity contribution >= 4 is 45.7 Å².